The molecule has 6 nitrogen and oxygen atoms in total. The second-order valence-corrected chi connectivity index (χ2v) is 7.46. The number of hydrogen-bond donors (Lipinski definition) is 2. The summed E-state index contributed by atoms with van der Waals surface area (Å²) >= 11 is 3.52. The van der Waals surface area contributed by atoms with Gasteiger partial charge in [-0.2, -0.15) is 0 Å². The van der Waals surface area contributed by atoms with E-state index in [0.29, 0.717) is 24.7 Å². The molecule has 0 saturated heterocycles. The highest BCUT2D eigenvalue weighted by atomic mass is 79.9. The van der Waals surface area contributed by atoms with Crippen LogP contribution in [0.4, 0.5) is 0 Å². The predicted octanol–water partition coefficient (Wildman–Crippen LogP) is 2.70. The molecule has 2 N–H and O–H groups in total. The van der Waals surface area contributed by atoms with Gasteiger partial charge in [0, 0.05) is 10.4 Å². The summed E-state index contributed by atoms with van der Waals surface area (Å²) in [4.78, 5) is 24.4. The van der Waals surface area contributed by atoms with Crippen molar-refractivity contribution < 1.29 is 19.1 Å². The van der Waals surface area contributed by atoms with Crippen molar-refractivity contribution in [1.29, 1.82) is 0 Å². The average molecular weight is 411 g/mol. The van der Waals surface area contributed by atoms with Crippen LogP contribution in [-0.4, -0.2) is 31.1 Å². The standard InChI is InChI=1S/C18H23BrN2O4/c1-10(13-8-15-16(9-14(13)19)25-7-6-24-15)20-17(22)11(2)21-18(23)12-4-3-5-12/h8-12H,3-7H2,1-2H3,(H,20,22)(H,21,23)/t10-,11-/m1/s1. The maximum absolute atomic E-state index is 12.4. The van der Waals surface area contributed by atoms with Crippen LogP contribution in [0.25, 0.3) is 0 Å². The second kappa shape index (κ2) is 7.64. The van der Waals surface area contributed by atoms with E-state index in [-0.39, 0.29) is 23.8 Å². The van der Waals surface area contributed by atoms with Crippen molar-refractivity contribution in [3.05, 3.63) is 22.2 Å². The molecule has 1 fully saturated rings. The Bertz CT molecular complexity index is 675. The molecule has 1 heterocycles. The van der Waals surface area contributed by atoms with E-state index < -0.39 is 6.04 Å². The number of ether oxygens (including phenoxy) is 2. The van der Waals surface area contributed by atoms with Gasteiger partial charge in [-0.1, -0.05) is 22.4 Å². The summed E-state index contributed by atoms with van der Waals surface area (Å²) in [6.07, 6.45) is 2.93. The van der Waals surface area contributed by atoms with Gasteiger partial charge >= 0.3 is 0 Å². The summed E-state index contributed by atoms with van der Waals surface area (Å²) in [6.45, 7) is 4.65. The van der Waals surface area contributed by atoms with Crippen LogP contribution in [0.5, 0.6) is 11.5 Å². The van der Waals surface area contributed by atoms with Crippen molar-refractivity contribution >= 4 is 27.7 Å². The quantitative estimate of drug-likeness (QED) is 0.781. The minimum Gasteiger partial charge on any atom is -0.486 e. The van der Waals surface area contributed by atoms with Crippen LogP contribution in [0.1, 0.15) is 44.7 Å². The molecule has 2 aliphatic rings. The minimum atomic E-state index is -0.563. The topological polar surface area (TPSA) is 76.7 Å². The molecule has 0 bridgehead atoms. The molecule has 25 heavy (non-hydrogen) atoms. The molecule has 0 radical (unpaired) electrons. The summed E-state index contributed by atoms with van der Waals surface area (Å²) < 4.78 is 12.0. The molecule has 0 aromatic heterocycles. The predicted molar refractivity (Wildman–Crippen MR) is 96.6 cm³/mol. The fourth-order valence-electron chi connectivity index (χ4n) is 2.89. The SMILES string of the molecule is C[C@@H](NC(=O)C1CCC1)C(=O)N[C@H](C)c1cc2c(cc1Br)OCCO2. The number of amides is 2. The zero-order chi connectivity index (χ0) is 18.0. The van der Waals surface area contributed by atoms with Gasteiger partial charge in [0.05, 0.1) is 6.04 Å². The molecule has 0 unspecified atom stereocenters. The van der Waals surface area contributed by atoms with Crippen molar-refractivity contribution in [3.8, 4) is 11.5 Å². The summed E-state index contributed by atoms with van der Waals surface area (Å²) in [5.41, 5.74) is 0.898. The van der Waals surface area contributed by atoms with Crippen LogP contribution in [-0.2, 0) is 9.59 Å². The molecule has 136 valence electrons. The van der Waals surface area contributed by atoms with Gasteiger partial charge in [-0.25, -0.2) is 0 Å². The van der Waals surface area contributed by atoms with E-state index in [1.807, 2.05) is 19.1 Å². The number of benzene rings is 1. The van der Waals surface area contributed by atoms with Gasteiger partial charge in [0.2, 0.25) is 11.8 Å². The number of carbonyl (C=O) groups is 2. The van der Waals surface area contributed by atoms with Gasteiger partial charge in [-0.15, -0.1) is 0 Å². The van der Waals surface area contributed by atoms with Crippen molar-refractivity contribution in [2.24, 2.45) is 5.92 Å². The molecule has 1 saturated carbocycles. The first-order chi connectivity index (χ1) is 12.0. The Morgan fingerprint density at radius 1 is 1.12 bits per heavy atom. The van der Waals surface area contributed by atoms with E-state index in [1.54, 1.807) is 6.92 Å². The maximum Gasteiger partial charge on any atom is 0.242 e. The van der Waals surface area contributed by atoms with Crippen LogP contribution in [0.2, 0.25) is 0 Å². The van der Waals surface area contributed by atoms with Gasteiger partial charge in [-0.05, 0) is 44.4 Å². The number of hydrogen-bond acceptors (Lipinski definition) is 4. The van der Waals surface area contributed by atoms with Crippen molar-refractivity contribution in [2.75, 3.05) is 13.2 Å². The summed E-state index contributed by atoms with van der Waals surface area (Å²) in [7, 11) is 0. The highest BCUT2D eigenvalue weighted by Crippen LogP contribution is 2.37. The van der Waals surface area contributed by atoms with E-state index in [9.17, 15) is 9.59 Å². The Kier molecular flexibility index (Phi) is 5.51. The van der Waals surface area contributed by atoms with Gasteiger partial charge in [0.15, 0.2) is 11.5 Å². The van der Waals surface area contributed by atoms with Crippen LogP contribution >= 0.6 is 15.9 Å². The third-order valence-electron chi connectivity index (χ3n) is 4.71. The first-order valence-electron chi connectivity index (χ1n) is 8.65. The average Bonchev–Trinajstić information content (AvgIpc) is 2.52. The number of carbonyl (C=O) groups excluding carboxylic acids is 2. The highest BCUT2D eigenvalue weighted by Gasteiger charge is 2.28. The van der Waals surface area contributed by atoms with Crippen molar-refractivity contribution in [3.63, 3.8) is 0 Å². The first kappa shape index (κ1) is 18.0. The van der Waals surface area contributed by atoms with E-state index in [2.05, 4.69) is 26.6 Å². The Balaban J connectivity index is 1.61. The number of halogens is 1. The van der Waals surface area contributed by atoms with Gasteiger partial charge in [0.25, 0.3) is 0 Å². The lowest BCUT2D eigenvalue weighted by molar-refractivity contribution is -0.132. The lowest BCUT2D eigenvalue weighted by atomic mass is 9.84. The van der Waals surface area contributed by atoms with Gasteiger partial charge in [-0.3, -0.25) is 9.59 Å². The zero-order valence-corrected chi connectivity index (χ0v) is 16.0. The van der Waals surface area contributed by atoms with E-state index >= 15 is 0 Å². The molecule has 0 spiro atoms. The van der Waals surface area contributed by atoms with E-state index in [1.165, 1.54) is 0 Å². The third-order valence-corrected chi connectivity index (χ3v) is 5.40. The molecule has 1 aromatic carbocycles. The number of fused-ring (bicyclic) bond motifs is 1. The van der Waals surface area contributed by atoms with Gasteiger partial charge < -0.3 is 20.1 Å². The van der Waals surface area contributed by atoms with Crippen LogP contribution in [0, 0.1) is 5.92 Å². The second-order valence-electron chi connectivity index (χ2n) is 6.61. The lowest BCUT2D eigenvalue weighted by Gasteiger charge is -2.27. The molecule has 2 atom stereocenters. The molecule has 1 aromatic rings. The van der Waals surface area contributed by atoms with Crippen LogP contribution < -0.4 is 20.1 Å². The summed E-state index contributed by atoms with van der Waals surface area (Å²) in [5.74, 6) is 1.21. The van der Waals surface area contributed by atoms with Crippen molar-refractivity contribution in [1.82, 2.24) is 10.6 Å². The van der Waals surface area contributed by atoms with Crippen molar-refractivity contribution in [2.45, 2.75) is 45.2 Å². The fourth-order valence-corrected chi connectivity index (χ4v) is 3.56. The summed E-state index contributed by atoms with van der Waals surface area (Å²) in [6, 6.07) is 2.93. The molecule has 1 aliphatic heterocycles. The smallest absolute Gasteiger partial charge is 0.242 e. The molecular formula is C18H23BrN2O4. The van der Waals surface area contributed by atoms with E-state index in [0.717, 1.165) is 29.3 Å². The fraction of sp³-hybridized carbons (Fsp3) is 0.556. The van der Waals surface area contributed by atoms with E-state index in [4.69, 9.17) is 9.47 Å². The maximum atomic E-state index is 12.4. The third kappa shape index (κ3) is 4.08. The zero-order valence-electron chi connectivity index (χ0n) is 14.4. The summed E-state index contributed by atoms with van der Waals surface area (Å²) in [5, 5.41) is 5.74. The normalized spacial score (nSPS) is 18.7. The number of rotatable bonds is 5. The molecular weight excluding hydrogens is 388 g/mol. The Morgan fingerprint density at radius 2 is 1.76 bits per heavy atom. The van der Waals surface area contributed by atoms with Gasteiger partial charge in [0.1, 0.15) is 19.3 Å². The molecule has 7 heteroatoms. The Morgan fingerprint density at radius 3 is 2.36 bits per heavy atom. The largest absolute Gasteiger partial charge is 0.486 e. The van der Waals surface area contributed by atoms with Crippen LogP contribution in [0.3, 0.4) is 0 Å². The molecule has 1 aliphatic carbocycles. The lowest BCUT2D eigenvalue weighted by Crippen LogP contribution is -2.48. The number of nitrogens with one attached hydrogen (secondary N) is 2. The minimum absolute atomic E-state index is 0.0259. The highest BCUT2D eigenvalue weighted by molar-refractivity contribution is 9.10. The molecule has 3 rings (SSSR count). The van der Waals surface area contributed by atoms with Crippen LogP contribution in [0.15, 0.2) is 16.6 Å². The monoisotopic (exact) mass is 410 g/mol. The molecule has 2 amide bonds. The Hall–Kier alpha value is -1.76. The Labute approximate surface area is 155 Å². The first-order valence-corrected chi connectivity index (χ1v) is 9.45.